The number of aliphatic carboxylic acids is 1. The molecule has 1 heterocycles. The molecule has 0 saturated heterocycles. The van der Waals surface area contributed by atoms with Crippen molar-refractivity contribution in [3.63, 3.8) is 0 Å². The third kappa shape index (κ3) is 5.57. The minimum Gasteiger partial charge on any atom is -0.508 e. The molecule has 1 aliphatic heterocycles. The van der Waals surface area contributed by atoms with Crippen LogP contribution in [0, 0.1) is 0 Å². The average Bonchev–Trinajstić information content (AvgIpc) is 3.27. The van der Waals surface area contributed by atoms with E-state index in [9.17, 15) is 24.6 Å². The van der Waals surface area contributed by atoms with Crippen molar-refractivity contribution >= 4 is 17.9 Å². The van der Waals surface area contributed by atoms with Gasteiger partial charge < -0.3 is 38.6 Å². The topological polar surface area (TPSA) is 147 Å². The summed E-state index contributed by atoms with van der Waals surface area (Å²) < 4.78 is 31.7. The summed E-state index contributed by atoms with van der Waals surface area (Å²) in [5.74, 6) is -3.70. The Morgan fingerprint density at radius 3 is 2.17 bits per heavy atom. The molecular weight excluding hydrogens is 464 g/mol. The Hall–Kier alpha value is -4.41. The van der Waals surface area contributed by atoms with Gasteiger partial charge in [-0.05, 0) is 12.1 Å². The van der Waals surface area contributed by atoms with Crippen LogP contribution in [0.2, 0.25) is 0 Å². The molecule has 1 atom stereocenters. The van der Waals surface area contributed by atoms with Crippen LogP contribution in [0.25, 0.3) is 0 Å². The van der Waals surface area contributed by atoms with E-state index in [2.05, 4.69) is 0 Å². The molecule has 0 aromatic heterocycles. The number of methoxy groups -OCH3 is 2. The van der Waals surface area contributed by atoms with E-state index in [4.69, 9.17) is 28.4 Å². The predicted octanol–water partition coefficient (Wildman–Crippen LogP) is 2.95. The van der Waals surface area contributed by atoms with E-state index < -0.39 is 41.8 Å². The van der Waals surface area contributed by atoms with Crippen molar-refractivity contribution < 1.29 is 53.0 Å². The summed E-state index contributed by atoms with van der Waals surface area (Å²) >= 11 is 0. The second-order valence-electron chi connectivity index (χ2n) is 7.32. The predicted molar refractivity (Wildman–Crippen MR) is 119 cm³/mol. The molecule has 1 unspecified atom stereocenters. The summed E-state index contributed by atoms with van der Waals surface area (Å²) in [7, 11) is 2.83. The van der Waals surface area contributed by atoms with Crippen molar-refractivity contribution in [2.75, 3.05) is 27.6 Å². The first-order valence-electron chi connectivity index (χ1n) is 10.3. The van der Waals surface area contributed by atoms with Gasteiger partial charge in [0.25, 0.3) is 0 Å². The summed E-state index contributed by atoms with van der Waals surface area (Å²) in [6.07, 6.45) is 0. The van der Waals surface area contributed by atoms with Gasteiger partial charge in [-0.1, -0.05) is 6.07 Å². The minimum atomic E-state index is -1.51. The number of fused-ring (bicyclic) bond motifs is 1. The van der Waals surface area contributed by atoms with E-state index in [0.29, 0.717) is 5.75 Å². The van der Waals surface area contributed by atoms with Gasteiger partial charge in [0.15, 0.2) is 11.5 Å². The molecule has 0 fully saturated rings. The summed E-state index contributed by atoms with van der Waals surface area (Å²) in [6, 6.07) is 7.50. The summed E-state index contributed by atoms with van der Waals surface area (Å²) in [6.45, 7) is 1.52. The van der Waals surface area contributed by atoms with Crippen molar-refractivity contribution in [3.05, 3.63) is 52.8 Å². The number of hydrogen-bond acceptors (Lipinski definition) is 10. The van der Waals surface area contributed by atoms with Crippen molar-refractivity contribution in [2.24, 2.45) is 0 Å². The van der Waals surface area contributed by atoms with E-state index in [1.807, 2.05) is 0 Å². The Morgan fingerprint density at radius 2 is 1.60 bits per heavy atom. The Balaban J connectivity index is 2.35. The molecule has 0 saturated carbocycles. The van der Waals surface area contributed by atoms with Crippen molar-refractivity contribution in [3.8, 4) is 28.7 Å². The van der Waals surface area contributed by atoms with E-state index in [1.165, 1.54) is 39.3 Å². The second-order valence-corrected chi connectivity index (χ2v) is 7.32. The Bertz CT molecular complexity index is 1180. The maximum atomic E-state index is 12.5. The zero-order valence-corrected chi connectivity index (χ0v) is 19.4. The fraction of sp³-hybridized carbons (Fsp3) is 0.292. The SMILES string of the molecule is COc1ccc(C(/C(C(=O)O)=C(\O)COC(C)=O)c2cc3c(cc2OC(C)=O)OCO3)c(OC)c1. The monoisotopic (exact) mass is 488 g/mol. The number of hydrogen-bond donors (Lipinski definition) is 2. The van der Waals surface area contributed by atoms with Crippen LogP contribution in [0.3, 0.4) is 0 Å². The Labute approximate surface area is 200 Å². The number of benzene rings is 2. The molecule has 11 heteroatoms. The van der Waals surface area contributed by atoms with Gasteiger partial charge in [-0.15, -0.1) is 0 Å². The van der Waals surface area contributed by atoms with Crippen LogP contribution in [0.5, 0.6) is 28.7 Å². The number of carboxylic acids is 1. The van der Waals surface area contributed by atoms with Gasteiger partial charge in [0.2, 0.25) is 6.79 Å². The molecule has 11 nitrogen and oxygen atoms in total. The minimum absolute atomic E-state index is 0.0244. The first-order valence-corrected chi connectivity index (χ1v) is 10.3. The Kier molecular flexibility index (Phi) is 7.69. The lowest BCUT2D eigenvalue weighted by Crippen LogP contribution is -2.20. The second kappa shape index (κ2) is 10.7. The number of ether oxygens (including phenoxy) is 6. The molecule has 186 valence electrons. The fourth-order valence-electron chi connectivity index (χ4n) is 3.60. The highest BCUT2D eigenvalue weighted by atomic mass is 16.7. The van der Waals surface area contributed by atoms with Crippen LogP contribution in [0.15, 0.2) is 41.7 Å². The van der Waals surface area contributed by atoms with Gasteiger partial charge in [0, 0.05) is 37.1 Å². The average molecular weight is 488 g/mol. The van der Waals surface area contributed by atoms with E-state index >= 15 is 0 Å². The summed E-state index contributed by atoms with van der Waals surface area (Å²) in [4.78, 5) is 35.7. The van der Waals surface area contributed by atoms with Crippen LogP contribution in [-0.2, 0) is 19.1 Å². The van der Waals surface area contributed by atoms with Crippen LogP contribution < -0.4 is 23.7 Å². The molecular formula is C24H24O11. The third-order valence-corrected chi connectivity index (χ3v) is 5.06. The summed E-state index contributed by atoms with van der Waals surface area (Å²) in [5, 5.41) is 20.9. The van der Waals surface area contributed by atoms with E-state index in [-0.39, 0.29) is 40.9 Å². The van der Waals surface area contributed by atoms with Gasteiger partial charge in [0.1, 0.15) is 29.6 Å². The lowest BCUT2D eigenvalue weighted by atomic mass is 9.82. The molecule has 2 N–H and O–H groups in total. The molecule has 2 aromatic rings. The number of carboxylic acid groups (broad SMARTS) is 1. The van der Waals surface area contributed by atoms with Crippen molar-refractivity contribution in [1.29, 1.82) is 0 Å². The van der Waals surface area contributed by atoms with E-state index in [1.54, 1.807) is 12.1 Å². The number of aliphatic hydroxyl groups excluding tert-OH is 1. The number of carbonyl (C=O) groups is 3. The fourth-order valence-corrected chi connectivity index (χ4v) is 3.60. The van der Waals surface area contributed by atoms with Crippen molar-refractivity contribution in [2.45, 2.75) is 19.8 Å². The first-order chi connectivity index (χ1) is 16.7. The molecule has 0 amide bonds. The molecule has 0 aliphatic carbocycles. The standard InChI is InChI=1S/C24H24O11/c1-12(25)32-10-17(27)23(24(28)29)22(15-6-5-14(30-3)7-18(15)31-4)16-8-20-21(34-11-33-20)9-19(16)35-13(2)26/h5-9,22,27H,10-11H2,1-4H3,(H,28,29)/b23-17+. The number of esters is 2. The van der Waals surface area contributed by atoms with Gasteiger partial charge in [-0.3, -0.25) is 9.59 Å². The molecule has 1 aliphatic rings. The highest BCUT2D eigenvalue weighted by Gasteiger charge is 2.35. The largest absolute Gasteiger partial charge is 0.508 e. The van der Waals surface area contributed by atoms with Crippen LogP contribution in [0.4, 0.5) is 0 Å². The number of aliphatic hydroxyl groups is 1. The molecule has 0 radical (unpaired) electrons. The van der Waals surface area contributed by atoms with Gasteiger partial charge in [-0.2, -0.15) is 0 Å². The van der Waals surface area contributed by atoms with Crippen LogP contribution >= 0.6 is 0 Å². The zero-order chi connectivity index (χ0) is 25.7. The lowest BCUT2D eigenvalue weighted by Gasteiger charge is -2.24. The first kappa shape index (κ1) is 25.2. The zero-order valence-electron chi connectivity index (χ0n) is 19.4. The molecule has 35 heavy (non-hydrogen) atoms. The number of rotatable bonds is 9. The molecule has 3 rings (SSSR count). The number of carbonyl (C=O) groups excluding carboxylic acids is 2. The quantitative estimate of drug-likeness (QED) is 0.232. The van der Waals surface area contributed by atoms with Crippen LogP contribution in [-0.4, -0.2) is 55.7 Å². The maximum absolute atomic E-state index is 12.5. The van der Waals surface area contributed by atoms with Gasteiger partial charge in [0.05, 0.1) is 25.7 Å². The third-order valence-electron chi connectivity index (χ3n) is 5.06. The highest BCUT2D eigenvalue weighted by molar-refractivity contribution is 5.91. The summed E-state index contributed by atoms with van der Waals surface area (Å²) in [5.41, 5.74) is -0.103. The van der Waals surface area contributed by atoms with Gasteiger partial charge >= 0.3 is 17.9 Å². The highest BCUT2D eigenvalue weighted by Crippen LogP contribution is 2.47. The van der Waals surface area contributed by atoms with Crippen molar-refractivity contribution in [1.82, 2.24) is 0 Å². The van der Waals surface area contributed by atoms with Gasteiger partial charge in [-0.25, -0.2) is 4.79 Å². The molecule has 2 aromatic carbocycles. The molecule has 0 bridgehead atoms. The Morgan fingerprint density at radius 1 is 0.914 bits per heavy atom. The smallest absolute Gasteiger partial charge is 0.336 e. The van der Waals surface area contributed by atoms with E-state index in [0.717, 1.165) is 6.92 Å². The normalized spacial score (nSPS) is 13.4. The lowest BCUT2D eigenvalue weighted by molar-refractivity contribution is -0.141. The van der Waals surface area contributed by atoms with Crippen LogP contribution in [0.1, 0.15) is 30.9 Å². The maximum Gasteiger partial charge on any atom is 0.336 e. The molecule has 0 spiro atoms.